The molecule has 0 N–H and O–H groups in total. The molecule has 1 aliphatic carbocycles. The maximum atomic E-state index is 13.0. The smallest absolute Gasteiger partial charge is 0.410 e. The molecule has 0 fully saturated rings. The SMILES string of the molecule is COC(=O)N(C1c2ccccc2-c2ccccc21)[C@H](C)Cc1ccc(Br)c(OC)c1. The average molecular weight is 466 g/mol. The highest BCUT2D eigenvalue weighted by Crippen LogP contribution is 2.47. The Hall–Kier alpha value is -2.79. The maximum absolute atomic E-state index is 13.0. The minimum atomic E-state index is -0.330. The highest BCUT2D eigenvalue weighted by molar-refractivity contribution is 9.10. The largest absolute Gasteiger partial charge is 0.496 e. The molecule has 154 valence electrons. The summed E-state index contributed by atoms with van der Waals surface area (Å²) in [5.41, 5.74) is 5.69. The standard InChI is InChI=1S/C25H24BrNO3/c1-16(14-17-12-13-22(26)23(15-17)29-2)27(25(28)30-3)24-20-10-6-4-8-18(20)19-9-5-7-11-21(19)24/h4-13,15-16,24H,14H2,1-3H3/t16-/m1/s1. The van der Waals surface area contributed by atoms with Gasteiger partial charge >= 0.3 is 6.09 Å². The molecule has 1 atom stereocenters. The van der Waals surface area contributed by atoms with E-state index in [9.17, 15) is 4.79 Å². The van der Waals surface area contributed by atoms with Gasteiger partial charge in [-0.2, -0.15) is 0 Å². The summed E-state index contributed by atoms with van der Waals surface area (Å²) in [5.74, 6) is 0.779. The summed E-state index contributed by atoms with van der Waals surface area (Å²) in [6, 6.07) is 22.3. The third kappa shape index (κ3) is 3.58. The van der Waals surface area contributed by atoms with Crippen molar-refractivity contribution in [3.63, 3.8) is 0 Å². The normalized spacial score (nSPS) is 13.3. The molecule has 0 aromatic heterocycles. The molecule has 3 aromatic carbocycles. The molecule has 4 nitrogen and oxygen atoms in total. The Morgan fingerprint density at radius 3 is 2.17 bits per heavy atom. The highest BCUT2D eigenvalue weighted by Gasteiger charge is 2.38. The van der Waals surface area contributed by atoms with Crippen molar-refractivity contribution in [3.05, 3.63) is 87.9 Å². The molecule has 0 spiro atoms. The van der Waals surface area contributed by atoms with Crippen LogP contribution in [0.4, 0.5) is 4.79 Å². The van der Waals surface area contributed by atoms with Crippen molar-refractivity contribution in [3.8, 4) is 16.9 Å². The number of nitrogens with zero attached hydrogens (tertiary/aromatic N) is 1. The van der Waals surface area contributed by atoms with Crippen LogP contribution < -0.4 is 4.74 Å². The van der Waals surface area contributed by atoms with Crippen LogP contribution in [0.25, 0.3) is 11.1 Å². The third-order valence-electron chi connectivity index (χ3n) is 5.69. The van der Waals surface area contributed by atoms with Gasteiger partial charge in [-0.15, -0.1) is 0 Å². The Morgan fingerprint density at radius 1 is 1.00 bits per heavy atom. The number of ether oxygens (including phenoxy) is 2. The first-order valence-corrected chi connectivity index (χ1v) is 10.7. The van der Waals surface area contributed by atoms with Crippen LogP contribution in [0.5, 0.6) is 5.75 Å². The van der Waals surface area contributed by atoms with E-state index >= 15 is 0 Å². The summed E-state index contributed by atoms with van der Waals surface area (Å²) in [4.78, 5) is 14.9. The molecule has 0 unspecified atom stereocenters. The van der Waals surface area contributed by atoms with Gasteiger partial charge in [0.25, 0.3) is 0 Å². The van der Waals surface area contributed by atoms with E-state index < -0.39 is 0 Å². The number of rotatable bonds is 5. The number of carbonyl (C=O) groups excluding carboxylic acids is 1. The Labute approximate surface area is 185 Å². The zero-order chi connectivity index (χ0) is 21.3. The Bertz CT molecular complexity index is 1040. The Balaban J connectivity index is 1.74. The lowest BCUT2D eigenvalue weighted by molar-refractivity contribution is 0.0944. The van der Waals surface area contributed by atoms with Crippen LogP contribution in [0.15, 0.2) is 71.2 Å². The van der Waals surface area contributed by atoms with Gasteiger partial charge in [0.15, 0.2) is 0 Å². The van der Waals surface area contributed by atoms with Crippen LogP contribution in [0, 0.1) is 0 Å². The van der Waals surface area contributed by atoms with Crippen LogP contribution in [-0.2, 0) is 11.2 Å². The fraction of sp³-hybridized carbons (Fsp3) is 0.240. The second-order valence-electron chi connectivity index (χ2n) is 7.48. The van der Waals surface area contributed by atoms with E-state index in [1.165, 1.54) is 18.2 Å². The molecule has 1 amide bonds. The van der Waals surface area contributed by atoms with Crippen molar-refractivity contribution in [2.75, 3.05) is 14.2 Å². The molecule has 0 saturated heterocycles. The molecule has 3 aromatic rings. The second kappa shape index (κ2) is 8.52. The molecule has 0 radical (unpaired) electrons. The third-order valence-corrected chi connectivity index (χ3v) is 6.34. The van der Waals surface area contributed by atoms with Crippen molar-refractivity contribution in [2.45, 2.75) is 25.4 Å². The minimum Gasteiger partial charge on any atom is -0.496 e. The van der Waals surface area contributed by atoms with Gasteiger partial charge in [0, 0.05) is 6.04 Å². The maximum Gasteiger partial charge on any atom is 0.410 e. The van der Waals surface area contributed by atoms with Gasteiger partial charge in [0.05, 0.1) is 24.7 Å². The quantitative estimate of drug-likeness (QED) is 0.448. The van der Waals surface area contributed by atoms with E-state index in [-0.39, 0.29) is 18.2 Å². The number of amides is 1. The molecule has 5 heteroatoms. The zero-order valence-corrected chi connectivity index (χ0v) is 18.8. The molecule has 1 aliphatic rings. The van der Waals surface area contributed by atoms with E-state index in [1.54, 1.807) is 7.11 Å². The lowest BCUT2D eigenvalue weighted by Crippen LogP contribution is -2.42. The van der Waals surface area contributed by atoms with Gasteiger partial charge in [-0.25, -0.2) is 4.79 Å². The topological polar surface area (TPSA) is 38.8 Å². The van der Waals surface area contributed by atoms with Gasteiger partial charge in [0.1, 0.15) is 5.75 Å². The molecular formula is C25H24BrNO3. The first-order valence-electron chi connectivity index (χ1n) is 9.92. The number of halogens is 1. The van der Waals surface area contributed by atoms with Gasteiger partial charge in [-0.1, -0.05) is 54.6 Å². The van der Waals surface area contributed by atoms with Gasteiger partial charge in [-0.3, -0.25) is 4.90 Å². The molecular weight excluding hydrogens is 442 g/mol. The van der Waals surface area contributed by atoms with E-state index in [0.29, 0.717) is 6.42 Å². The van der Waals surface area contributed by atoms with Gasteiger partial charge < -0.3 is 9.47 Å². The van der Waals surface area contributed by atoms with Crippen molar-refractivity contribution in [1.82, 2.24) is 4.90 Å². The number of methoxy groups -OCH3 is 2. The summed E-state index contributed by atoms with van der Waals surface area (Å²) < 4.78 is 11.6. The van der Waals surface area contributed by atoms with E-state index in [2.05, 4.69) is 53.2 Å². The summed E-state index contributed by atoms with van der Waals surface area (Å²) in [7, 11) is 3.10. The first kappa shape index (κ1) is 20.5. The number of fused-ring (bicyclic) bond motifs is 3. The highest BCUT2D eigenvalue weighted by atomic mass is 79.9. The molecule has 0 bridgehead atoms. The molecule has 30 heavy (non-hydrogen) atoms. The predicted molar refractivity (Wildman–Crippen MR) is 122 cm³/mol. The molecule has 0 heterocycles. The lowest BCUT2D eigenvalue weighted by atomic mass is 9.99. The van der Waals surface area contributed by atoms with Crippen molar-refractivity contribution in [2.24, 2.45) is 0 Å². The van der Waals surface area contributed by atoms with Crippen molar-refractivity contribution < 1.29 is 14.3 Å². The van der Waals surface area contributed by atoms with Gasteiger partial charge in [-0.05, 0) is 69.2 Å². The molecule has 0 aliphatic heterocycles. The first-order chi connectivity index (χ1) is 14.5. The van der Waals surface area contributed by atoms with Crippen LogP contribution in [0.1, 0.15) is 29.7 Å². The molecule has 4 rings (SSSR count). The van der Waals surface area contributed by atoms with E-state index in [0.717, 1.165) is 26.9 Å². The minimum absolute atomic E-state index is 0.0902. The van der Waals surface area contributed by atoms with Crippen LogP contribution in [0.2, 0.25) is 0 Å². The number of hydrogen-bond acceptors (Lipinski definition) is 3. The monoisotopic (exact) mass is 465 g/mol. The van der Waals surface area contributed by atoms with E-state index in [1.807, 2.05) is 41.3 Å². The predicted octanol–water partition coefficient (Wildman–Crippen LogP) is 6.23. The van der Waals surface area contributed by atoms with E-state index in [4.69, 9.17) is 9.47 Å². The number of benzene rings is 3. The average Bonchev–Trinajstić information content (AvgIpc) is 3.09. The van der Waals surface area contributed by atoms with Crippen LogP contribution in [-0.4, -0.2) is 31.3 Å². The van der Waals surface area contributed by atoms with Crippen molar-refractivity contribution in [1.29, 1.82) is 0 Å². The zero-order valence-electron chi connectivity index (χ0n) is 17.3. The fourth-order valence-corrected chi connectivity index (χ4v) is 4.75. The summed E-state index contributed by atoms with van der Waals surface area (Å²) in [6.07, 6.45) is 0.350. The number of hydrogen-bond donors (Lipinski definition) is 0. The summed E-state index contributed by atoms with van der Waals surface area (Å²) in [6.45, 7) is 2.06. The Kier molecular flexibility index (Phi) is 5.82. The Morgan fingerprint density at radius 2 is 1.60 bits per heavy atom. The second-order valence-corrected chi connectivity index (χ2v) is 8.33. The fourth-order valence-electron chi connectivity index (χ4n) is 4.34. The summed E-state index contributed by atoms with van der Waals surface area (Å²) >= 11 is 3.50. The van der Waals surface area contributed by atoms with Crippen molar-refractivity contribution >= 4 is 22.0 Å². The van der Waals surface area contributed by atoms with Gasteiger partial charge in [0.2, 0.25) is 0 Å². The van der Waals surface area contributed by atoms with Crippen LogP contribution >= 0.6 is 15.9 Å². The van der Waals surface area contributed by atoms with Crippen LogP contribution in [0.3, 0.4) is 0 Å². The molecule has 0 saturated carbocycles. The lowest BCUT2D eigenvalue weighted by Gasteiger charge is -2.34. The number of carbonyl (C=O) groups is 1. The summed E-state index contributed by atoms with van der Waals surface area (Å²) in [5, 5.41) is 0.